The van der Waals surface area contributed by atoms with Crippen molar-refractivity contribution in [2.24, 2.45) is 0 Å². The molecule has 2 rings (SSSR count). The molecule has 0 saturated carbocycles. The molecule has 1 aliphatic rings. The second-order valence-corrected chi connectivity index (χ2v) is 4.57. The molecule has 0 bridgehead atoms. The van der Waals surface area contributed by atoms with Crippen molar-refractivity contribution < 1.29 is 9.94 Å². The lowest BCUT2D eigenvalue weighted by atomic mass is 10.1. The summed E-state index contributed by atoms with van der Waals surface area (Å²) in [4.78, 5) is 30.5. The van der Waals surface area contributed by atoms with Gasteiger partial charge in [-0.1, -0.05) is 0 Å². The zero-order valence-electron chi connectivity index (χ0n) is 10.4. The van der Waals surface area contributed by atoms with Gasteiger partial charge in [0.15, 0.2) is 0 Å². The Balaban J connectivity index is 2.17. The molecule has 18 heavy (non-hydrogen) atoms. The first-order valence-electron chi connectivity index (χ1n) is 5.82. The first kappa shape index (κ1) is 13.0. The number of hydrogen-bond donors (Lipinski definition) is 2. The minimum Gasteiger partial charge on any atom is -0.394 e. The molecular formula is C11H17N3O4. The highest BCUT2D eigenvalue weighted by molar-refractivity contribution is 5.01. The molecule has 1 aromatic rings. The molecular weight excluding hydrogens is 238 g/mol. The van der Waals surface area contributed by atoms with Crippen molar-refractivity contribution in [2.45, 2.75) is 32.0 Å². The zero-order chi connectivity index (χ0) is 13.3. The second kappa shape index (κ2) is 5.05. The molecule has 7 nitrogen and oxygen atoms in total. The zero-order valence-corrected chi connectivity index (χ0v) is 10.4. The van der Waals surface area contributed by atoms with Crippen molar-refractivity contribution in [3.63, 3.8) is 0 Å². The van der Waals surface area contributed by atoms with Gasteiger partial charge in [0.05, 0.1) is 12.6 Å². The van der Waals surface area contributed by atoms with Crippen LogP contribution in [0.1, 0.15) is 12.0 Å². The van der Waals surface area contributed by atoms with Crippen LogP contribution in [0.25, 0.3) is 0 Å². The summed E-state index contributed by atoms with van der Waals surface area (Å²) in [6, 6.07) is 0.00477. The van der Waals surface area contributed by atoms with Crippen molar-refractivity contribution in [3.05, 3.63) is 32.6 Å². The highest BCUT2D eigenvalue weighted by Crippen LogP contribution is 2.19. The smallest absolute Gasteiger partial charge is 0.328 e. The number of aliphatic hydroxyl groups excluding tert-OH is 1. The molecule has 1 fully saturated rings. The maximum absolute atomic E-state index is 11.6. The monoisotopic (exact) mass is 255 g/mol. The van der Waals surface area contributed by atoms with E-state index in [4.69, 9.17) is 9.94 Å². The lowest BCUT2D eigenvalue weighted by Gasteiger charge is -2.18. The van der Waals surface area contributed by atoms with E-state index in [0.29, 0.717) is 18.5 Å². The van der Waals surface area contributed by atoms with Gasteiger partial charge >= 0.3 is 5.69 Å². The first-order chi connectivity index (χ1) is 8.51. The molecule has 100 valence electrons. The fraction of sp³-hybridized carbons (Fsp3) is 0.636. The average molecular weight is 255 g/mol. The lowest BCUT2D eigenvalue weighted by molar-refractivity contribution is -0.153. The van der Waals surface area contributed by atoms with E-state index in [1.807, 2.05) is 0 Å². The van der Waals surface area contributed by atoms with Gasteiger partial charge in [-0.3, -0.25) is 19.2 Å². The van der Waals surface area contributed by atoms with Crippen LogP contribution in [0.5, 0.6) is 0 Å². The Hall–Kier alpha value is -1.44. The number of nitrogens with one attached hydrogen (secondary N) is 1. The van der Waals surface area contributed by atoms with Crippen LogP contribution in [0.2, 0.25) is 0 Å². The summed E-state index contributed by atoms with van der Waals surface area (Å²) in [7, 11) is 1.77. The van der Waals surface area contributed by atoms with Crippen LogP contribution in [0.15, 0.2) is 15.8 Å². The fourth-order valence-corrected chi connectivity index (χ4v) is 2.09. The summed E-state index contributed by atoms with van der Waals surface area (Å²) in [5.74, 6) is 0. The van der Waals surface area contributed by atoms with Gasteiger partial charge in [-0.25, -0.2) is 4.79 Å². The van der Waals surface area contributed by atoms with Crippen molar-refractivity contribution in [3.8, 4) is 0 Å². The minimum absolute atomic E-state index is 0.00477. The van der Waals surface area contributed by atoms with Crippen LogP contribution in [0.4, 0.5) is 0 Å². The van der Waals surface area contributed by atoms with E-state index in [1.54, 1.807) is 25.2 Å². The SMILES string of the molecule is Cc1cn(C[C@@H]2C[C@@H](CO)ON2C)c(=O)[nH]c1=O. The molecule has 0 radical (unpaired) electrons. The van der Waals surface area contributed by atoms with Crippen LogP contribution in [0, 0.1) is 6.92 Å². The summed E-state index contributed by atoms with van der Waals surface area (Å²) in [5.41, 5.74) is -0.290. The van der Waals surface area contributed by atoms with Crippen LogP contribution in [-0.2, 0) is 11.4 Å². The molecule has 2 atom stereocenters. The highest BCUT2D eigenvalue weighted by atomic mass is 16.7. The Bertz CT molecular complexity index is 536. The van der Waals surface area contributed by atoms with Gasteiger partial charge in [-0.2, -0.15) is 5.06 Å². The number of aryl methyl sites for hydroxylation is 1. The first-order valence-corrected chi connectivity index (χ1v) is 5.82. The molecule has 7 heteroatoms. The van der Waals surface area contributed by atoms with Gasteiger partial charge in [-0.05, 0) is 13.3 Å². The van der Waals surface area contributed by atoms with Gasteiger partial charge in [0, 0.05) is 25.4 Å². The molecule has 1 saturated heterocycles. The number of rotatable bonds is 3. The largest absolute Gasteiger partial charge is 0.394 e. The van der Waals surface area contributed by atoms with Gasteiger partial charge in [0.1, 0.15) is 6.10 Å². The van der Waals surface area contributed by atoms with Gasteiger partial charge in [-0.15, -0.1) is 0 Å². The normalized spacial score (nSPS) is 24.6. The van der Waals surface area contributed by atoms with E-state index >= 15 is 0 Å². The quantitative estimate of drug-likeness (QED) is 0.711. The number of hydroxylamine groups is 2. The second-order valence-electron chi connectivity index (χ2n) is 4.57. The third kappa shape index (κ3) is 2.53. The molecule has 1 aromatic heterocycles. The number of aromatic amines is 1. The third-order valence-corrected chi connectivity index (χ3v) is 3.16. The number of aromatic nitrogens is 2. The van der Waals surface area contributed by atoms with E-state index in [-0.39, 0.29) is 24.3 Å². The minimum atomic E-state index is -0.425. The Morgan fingerprint density at radius 1 is 1.56 bits per heavy atom. The number of hydrogen-bond acceptors (Lipinski definition) is 5. The molecule has 0 aromatic carbocycles. The summed E-state index contributed by atoms with van der Waals surface area (Å²) in [5, 5.41) is 10.7. The lowest BCUT2D eigenvalue weighted by Crippen LogP contribution is -2.37. The van der Waals surface area contributed by atoms with Gasteiger partial charge in [0.2, 0.25) is 0 Å². The Morgan fingerprint density at radius 2 is 2.28 bits per heavy atom. The molecule has 0 amide bonds. The Morgan fingerprint density at radius 3 is 2.89 bits per heavy atom. The van der Waals surface area contributed by atoms with Gasteiger partial charge < -0.3 is 5.11 Å². The maximum atomic E-state index is 11.6. The van der Waals surface area contributed by atoms with E-state index in [1.165, 1.54) is 4.57 Å². The number of aliphatic hydroxyl groups is 1. The number of nitrogens with zero attached hydrogens (tertiary/aromatic N) is 2. The fourth-order valence-electron chi connectivity index (χ4n) is 2.09. The Labute approximate surface area is 104 Å². The predicted molar refractivity (Wildman–Crippen MR) is 64.2 cm³/mol. The maximum Gasteiger partial charge on any atom is 0.328 e. The van der Waals surface area contributed by atoms with Crippen LogP contribution < -0.4 is 11.2 Å². The summed E-state index contributed by atoms with van der Waals surface area (Å²) in [6.07, 6.45) is 1.97. The predicted octanol–water partition coefficient (Wildman–Crippen LogP) is -1.16. The van der Waals surface area contributed by atoms with E-state index in [9.17, 15) is 9.59 Å². The highest BCUT2D eigenvalue weighted by Gasteiger charge is 2.30. The van der Waals surface area contributed by atoms with Crippen molar-refractivity contribution >= 4 is 0 Å². The van der Waals surface area contributed by atoms with E-state index in [0.717, 1.165) is 0 Å². The summed E-state index contributed by atoms with van der Waals surface area (Å²) < 4.78 is 1.46. The molecule has 0 aliphatic carbocycles. The van der Waals surface area contributed by atoms with Crippen LogP contribution >= 0.6 is 0 Å². The number of H-pyrrole nitrogens is 1. The molecule has 0 spiro atoms. The standard InChI is InChI=1S/C11H17N3O4/c1-7-4-14(11(17)12-10(7)16)5-8-3-9(6-15)18-13(8)2/h4,8-9,15H,3,5-6H2,1-2H3,(H,12,16,17)/t8-,9-/m0/s1. The van der Waals surface area contributed by atoms with E-state index in [2.05, 4.69) is 4.98 Å². The molecule has 2 heterocycles. The van der Waals surface area contributed by atoms with Crippen LogP contribution in [0.3, 0.4) is 0 Å². The molecule has 2 N–H and O–H groups in total. The van der Waals surface area contributed by atoms with Gasteiger partial charge in [0.25, 0.3) is 5.56 Å². The van der Waals surface area contributed by atoms with Crippen molar-refractivity contribution in [1.82, 2.24) is 14.6 Å². The molecule has 1 aliphatic heterocycles. The third-order valence-electron chi connectivity index (χ3n) is 3.16. The van der Waals surface area contributed by atoms with E-state index < -0.39 is 5.69 Å². The summed E-state index contributed by atoms with van der Waals surface area (Å²) in [6.45, 7) is 2.03. The molecule has 0 unspecified atom stereocenters. The van der Waals surface area contributed by atoms with Crippen LogP contribution in [-0.4, -0.2) is 45.5 Å². The summed E-state index contributed by atoms with van der Waals surface area (Å²) >= 11 is 0. The topological polar surface area (TPSA) is 87.6 Å². The Kier molecular flexibility index (Phi) is 3.65. The average Bonchev–Trinajstić information content (AvgIpc) is 2.67. The van der Waals surface area contributed by atoms with Crippen molar-refractivity contribution in [2.75, 3.05) is 13.7 Å². The number of likely N-dealkylation sites (N-methyl/N-ethyl adjacent to an activating group) is 1. The van der Waals surface area contributed by atoms with Crippen molar-refractivity contribution in [1.29, 1.82) is 0 Å².